The van der Waals surface area contributed by atoms with Gasteiger partial charge in [0.1, 0.15) is 19.1 Å². The Kier molecular flexibility index (Phi) is 6.63. The fraction of sp³-hybridized carbons (Fsp3) is 0.400. The van der Waals surface area contributed by atoms with E-state index in [1.54, 1.807) is 12.1 Å². The number of carbonyl (C=O) groups is 3. The number of nitrogens with zero attached hydrogens (tertiary/aromatic N) is 1. The molecule has 144 valence electrons. The van der Waals surface area contributed by atoms with Crippen molar-refractivity contribution in [2.75, 3.05) is 13.2 Å². The molecule has 0 amide bonds. The molecule has 1 heterocycles. The highest BCUT2D eigenvalue weighted by Crippen LogP contribution is 2.46. The molecule has 1 aromatic heterocycles. The molecule has 27 heavy (non-hydrogen) atoms. The number of Topliss-reactive ketones (excluding diaryl/α,β-unsaturated/α-hetero) is 1. The Bertz CT molecular complexity index is 727. The van der Waals surface area contributed by atoms with Gasteiger partial charge in [0.25, 0.3) is 0 Å². The van der Waals surface area contributed by atoms with Gasteiger partial charge >= 0.3 is 11.9 Å². The van der Waals surface area contributed by atoms with Crippen LogP contribution in [0.25, 0.3) is 0 Å². The number of ether oxygens (including phenoxy) is 2. The monoisotopic (exact) mass is 373 g/mol. The number of hydrogen-bond acceptors (Lipinski definition) is 7. The van der Waals surface area contributed by atoms with Gasteiger partial charge in [0.15, 0.2) is 5.78 Å². The third-order valence-corrected chi connectivity index (χ3v) is 4.53. The molecule has 0 spiro atoms. The van der Waals surface area contributed by atoms with E-state index in [1.807, 2.05) is 0 Å². The van der Waals surface area contributed by atoms with Gasteiger partial charge in [-0.05, 0) is 18.6 Å². The van der Waals surface area contributed by atoms with E-state index in [-0.39, 0.29) is 19.6 Å². The van der Waals surface area contributed by atoms with Gasteiger partial charge < -0.3 is 14.6 Å². The number of aromatic nitrogens is 1. The summed E-state index contributed by atoms with van der Waals surface area (Å²) in [5.74, 6) is -5.37. The zero-order valence-corrected chi connectivity index (χ0v) is 15.2. The molecule has 1 aliphatic rings. The first kappa shape index (κ1) is 20.5. The van der Waals surface area contributed by atoms with Crippen molar-refractivity contribution in [1.82, 2.24) is 4.98 Å². The summed E-state index contributed by atoms with van der Waals surface area (Å²) in [6.45, 7) is 8.24. The number of carbonyl (C=O) groups excluding carboxylic acids is 3. The zero-order chi connectivity index (χ0) is 20.0. The fourth-order valence-electron chi connectivity index (χ4n) is 3.45. The first-order chi connectivity index (χ1) is 12.8. The topological polar surface area (TPSA) is 103 Å². The van der Waals surface area contributed by atoms with Crippen LogP contribution in [0, 0.1) is 11.8 Å². The molecule has 1 fully saturated rings. The second-order valence-electron chi connectivity index (χ2n) is 6.61. The molecule has 7 nitrogen and oxygen atoms in total. The van der Waals surface area contributed by atoms with Crippen LogP contribution in [-0.2, 0) is 23.9 Å². The molecule has 1 aromatic rings. The van der Waals surface area contributed by atoms with E-state index in [2.05, 4.69) is 18.1 Å². The summed E-state index contributed by atoms with van der Waals surface area (Å²) in [5.41, 5.74) is -1.22. The van der Waals surface area contributed by atoms with Crippen LogP contribution in [0.2, 0.25) is 0 Å². The van der Waals surface area contributed by atoms with Gasteiger partial charge in [0.2, 0.25) is 0 Å². The van der Waals surface area contributed by atoms with E-state index in [0.717, 1.165) is 0 Å². The van der Waals surface area contributed by atoms with Crippen LogP contribution in [0.4, 0.5) is 0 Å². The minimum absolute atomic E-state index is 0.0509. The third kappa shape index (κ3) is 4.49. The van der Waals surface area contributed by atoms with E-state index < -0.39 is 41.1 Å². The molecule has 2 rings (SSSR count). The normalized spacial score (nSPS) is 27.5. The number of rotatable bonds is 7. The molecule has 1 N–H and O–H groups in total. The largest absolute Gasteiger partial charge is 0.461 e. The Balaban J connectivity index is 2.53. The molecule has 0 radical (unpaired) electrons. The number of pyridine rings is 1. The number of esters is 2. The van der Waals surface area contributed by atoms with Gasteiger partial charge in [0.05, 0.1) is 11.5 Å². The molecular weight excluding hydrogens is 350 g/mol. The van der Waals surface area contributed by atoms with E-state index >= 15 is 0 Å². The summed E-state index contributed by atoms with van der Waals surface area (Å²) in [5, 5.41) is 10.8. The summed E-state index contributed by atoms with van der Waals surface area (Å²) in [6, 6.07) is 3.27. The minimum Gasteiger partial charge on any atom is -0.461 e. The molecule has 1 saturated carbocycles. The Morgan fingerprint density at radius 2 is 1.93 bits per heavy atom. The number of ketones is 1. The Labute approximate surface area is 157 Å². The fourth-order valence-corrected chi connectivity index (χ4v) is 3.45. The highest BCUT2D eigenvalue weighted by Gasteiger charge is 2.57. The molecule has 0 aliphatic heterocycles. The Morgan fingerprint density at radius 1 is 1.30 bits per heavy atom. The summed E-state index contributed by atoms with van der Waals surface area (Å²) in [7, 11) is 0. The third-order valence-electron chi connectivity index (χ3n) is 4.53. The van der Waals surface area contributed by atoms with Crippen molar-refractivity contribution in [3.05, 3.63) is 55.4 Å². The number of hydrogen-bond donors (Lipinski definition) is 1. The van der Waals surface area contributed by atoms with Crippen LogP contribution >= 0.6 is 0 Å². The molecular formula is C20H23NO6. The lowest BCUT2D eigenvalue weighted by Gasteiger charge is -2.43. The second-order valence-corrected chi connectivity index (χ2v) is 6.61. The van der Waals surface area contributed by atoms with Gasteiger partial charge in [-0.1, -0.05) is 31.4 Å². The predicted molar refractivity (Wildman–Crippen MR) is 96.5 cm³/mol. The van der Waals surface area contributed by atoms with Gasteiger partial charge in [-0.25, -0.2) is 0 Å². The van der Waals surface area contributed by atoms with Gasteiger partial charge in [0, 0.05) is 24.7 Å². The molecule has 0 aromatic carbocycles. The van der Waals surface area contributed by atoms with Crippen molar-refractivity contribution in [3.8, 4) is 0 Å². The van der Waals surface area contributed by atoms with Gasteiger partial charge in [-0.2, -0.15) is 0 Å². The van der Waals surface area contributed by atoms with Crippen molar-refractivity contribution >= 4 is 17.7 Å². The minimum atomic E-state index is -1.69. The summed E-state index contributed by atoms with van der Waals surface area (Å²) < 4.78 is 10.2. The summed E-state index contributed by atoms with van der Waals surface area (Å²) >= 11 is 0. The average molecular weight is 373 g/mol. The maximum atomic E-state index is 12.7. The average Bonchev–Trinajstić information content (AvgIpc) is 2.63. The smallest absolute Gasteiger partial charge is 0.317 e. The second kappa shape index (κ2) is 8.73. The van der Waals surface area contributed by atoms with Crippen LogP contribution in [0.1, 0.15) is 24.8 Å². The van der Waals surface area contributed by atoms with Gasteiger partial charge in [-0.15, -0.1) is 0 Å². The van der Waals surface area contributed by atoms with E-state index in [9.17, 15) is 19.5 Å². The first-order valence-corrected chi connectivity index (χ1v) is 8.53. The lowest BCUT2D eigenvalue weighted by Crippen LogP contribution is -2.55. The summed E-state index contributed by atoms with van der Waals surface area (Å²) in [4.78, 5) is 42.0. The lowest BCUT2D eigenvalue weighted by atomic mass is 9.62. The zero-order valence-electron chi connectivity index (χ0n) is 15.2. The van der Waals surface area contributed by atoms with Crippen LogP contribution in [-0.4, -0.2) is 46.6 Å². The van der Waals surface area contributed by atoms with Crippen molar-refractivity contribution in [3.63, 3.8) is 0 Å². The maximum absolute atomic E-state index is 12.7. The Hall–Kier alpha value is -2.80. The van der Waals surface area contributed by atoms with Crippen LogP contribution < -0.4 is 0 Å². The summed E-state index contributed by atoms with van der Waals surface area (Å²) in [6.07, 6.45) is 5.40. The van der Waals surface area contributed by atoms with E-state index in [1.165, 1.54) is 31.5 Å². The molecule has 0 saturated heterocycles. The standard InChI is InChI=1S/C20H23NO6/c1-4-9-26-18(23)16-14(22)11-20(3,25)17(19(24)27-10-5-2)15(16)13-7-6-8-21-12-13/h4-8,12,15-17,25H,1-2,9-11H2,3H3/t15-,16-,17-,20+/m1/s1. The van der Waals surface area contributed by atoms with Gasteiger partial charge in [-0.3, -0.25) is 19.4 Å². The van der Waals surface area contributed by atoms with Crippen LogP contribution in [0.15, 0.2) is 49.8 Å². The van der Waals surface area contributed by atoms with Crippen molar-refractivity contribution in [2.24, 2.45) is 11.8 Å². The molecule has 1 aliphatic carbocycles. The van der Waals surface area contributed by atoms with Crippen LogP contribution in [0.3, 0.4) is 0 Å². The number of aliphatic hydroxyl groups is 1. The molecule has 0 unspecified atom stereocenters. The maximum Gasteiger partial charge on any atom is 0.317 e. The van der Waals surface area contributed by atoms with Crippen molar-refractivity contribution in [2.45, 2.75) is 24.9 Å². The Morgan fingerprint density at radius 3 is 2.48 bits per heavy atom. The highest BCUT2D eigenvalue weighted by atomic mass is 16.5. The van der Waals surface area contributed by atoms with Crippen molar-refractivity contribution < 1.29 is 29.0 Å². The highest BCUT2D eigenvalue weighted by molar-refractivity contribution is 6.02. The van der Waals surface area contributed by atoms with E-state index in [0.29, 0.717) is 5.56 Å². The molecule has 7 heteroatoms. The van der Waals surface area contributed by atoms with E-state index in [4.69, 9.17) is 9.47 Å². The van der Waals surface area contributed by atoms with Crippen molar-refractivity contribution in [1.29, 1.82) is 0 Å². The SMILES string of the molecule is C=CCOC(=O)[C@@H]1C(=O)C[C@](C)(O)[C@@H](C(=O)OCC=C)[C@@H]1c1cccnc1. The lowest BCUT2D eigenvalue weighted by molar-refractivity contribution is -0.172. The van der Waals surface area contributed by atoms with Crippen LogP contribution in [0.5, 0.6) is 0 Å². The molecule has 4 atom stereocenters. The predicted octanol–water partition coefficient (Wildman–Crippen LogP) is 1.58. The molecule has 0 bridgehead atoms. The quantitative estimate of drug-likeness (QED) is 0.440. The first-order valence-electron chi connectivity index (χ1n) is 8.53.